The summed E-state index contributed by atoms with van der Waals surface area (Å²) in [6.07, 6.45) is 1.60. The van der Waals surface area contributed by atoms with Crippen molar-refractivity contribution in [2.45, 2.75) is 18.7 Å². The minimum absolute atomic E-state index is 0.0346. The lowest BCUT2D eigenvalue weighted by Gasteiger charge is -2.19. The van der Waals surface area contributed by atoms with E-state index in [4.69, 9.17) is 4.74 Å². The van der Waals surface area contributed by atoms with E-state index in [1.165, 1.54) is 22.2 Å². The van der Waals surface area contributed by atoms with Crippen LogP contribution in [0.1, 0.15) is 12.5 Å². The maximum atomic E-state index is 12.2. The van der Waals surface area contributed by atoms with Crippen LogP contribution in [0.5, 0.6) is 0 Å². The lowest BCUT2D eigenvalue weighted by atomic mass is 10.2. The SMILES string of the molecule is C=CCN(CC(=O)OCC)C(=O)CSc1ccc(C)cc1. The normalized spacial score (nSPS) is 10.0. The first-order valence-corrected chi connectivity index (χ1v) is 7.79. The molecule has 0 saturated heterocycles. The van der Waals surface area contributed by atoms with Gasteiger partial charge in [0.25, 0.3) is 0 Å². The zero-order valence-corrected chi connectivity index (χ0v) is 13.3. The first kappa shape index (κ1) is 17.3. The predicted octanol–water partition coefficient (Wildman–Crippen LogP) is 2.66. The maximum absolute atomic E-state index is 12.2. The van der Waals surface area contributed by atoms with Crippen molar-refractivity contribution in [3.8, 4) is 0 Å². The highest BCUT2D eigenvalue weighted by Gasteiger charge is 2.16. The Hall–Kier alpha value is -1.75. The number of thioether (sulfide) groups is 1. The van der Waals surface area contributed by atoms with E-state index in [1.54, 1.807) is 13.0 Å². The highest BCUT2D eigenvalue weighted by atomic mass is 32.2. The van der Waals surface area contributed by atoms with Gasteiger partial charge in [0, 0.05) is 11.4 Å². The number of benzene rings is 1. The second-order valence-electron chi connectivity index (χ2n) is 4.47. The Balaban J connectivity index is 2.53. The number of amides is 1. The van der Waals surface area contributed by atoms with Crippen molar-refractivity contribution in [1.29, 1.82) is 0 Å². The van der Waals surface area contributed by atoms with Gasteiger partial charge in [0.2, 0.25) is 5.91 Å². The van der Waals surface area contributed by atoms with E-state index in [9.17, 15) is 9.59 Å². The van der Waals surface area contributed by atoms with Crippen molar-refractivity contribution in [2.75, 3.05) is 25.4 Å². The fourth-order valence-electron chi connectivity index (χ4n) is 1.64. The minimum atomic E-state index is -0.395. The minimum Gasteiger partial charge on any atom is -0.465 e. The second-order valence-corrected chi connectivity index (χ2v) is 5.52. The molecule has 114 valence electrons. The molecule has 0 radical (unpaired) electrons. The van der Waals surface area contributed by atoms with Gasteiger partial charge >= 0.3 is 5.97 Å². The van der Waals surface area contributed by atoms with Crippen molar-refractivity contribution in [2.24, 2.45) is 0 Å². The third-order valence-electron chi connectivity index (χ3n) is 2.71. The molecule has 0 aromatic heterocycles. The molecule has 0 atom stereocenters. The highest BCUT2D eigenvalue weighted by molar-refractivity contribution is 8.00. The van der Waals surface area contributed by atoms with E-state index in [1.807, 2.05) is 31.2 Å². The Kier molecular flexibility index (Phi) is 7.61. The number of nitrogens with zero attached hydrogens (tertiary/aromatic N) is 1. The topological polar surface area (TPSA) is 46.6 Å². The van der Waals surface area contributed by atoms with Crippen LogP contribution in [0.3, 0.4) is 0 Å². The number of ether oxygens (including phenoxy) is 1. The fourth-order valence-corrected chi connectivity index (χ4v) is 2.44. The van der Waals surface area contributed by atoms with Crippen LogP contribution in [-0.4, -0.2) is 42.2 Å². The summed E-state index contributed by atoms with van der Waals surface area (Å²) in [6, 6.07) is 7.98. The molecule has 1 aromatic carbocycles. The van der Waals surface area contributed by atoms with Crippen LogP contribution in [0.15, 0.2) is 41.8 Å². The maximum Gasteiger partial charge on any atom is 0.325 e. The van der Waals surface area contributed by atoms with Gasteiger partial charge in [-0.1, -0.05) is 23.8 Å². The van der Waals surface area contributed by atoms with Crippen LogP contribution in [0.2, 0.25) is 0 Å². The summed E-state index contributed by atoms with van der Waals surface area (Å²) in [5, 5.41) is 0. The fraction of sp³-hybridized carbons (Fsp3) is 0.375. The summed E-state index contributed by atoms with van der Waals surface area (Å²) < 4.78 is 4.87. The van der Waals surface area contributed by atoms with Gasteiger partial charge in [0.15, 0.2) is 0 Å². The van der Waals surface area contributed by atoms with E-state index in [-0.39, 0.29) is 18.2 Å². The van der Waals surface area contributed by atoms with Gasteiger partial charge < -0.3 is 9.64 Å². The molecule has 1 amide bonds. The molecule has 0 heterocycles. The van der Waals surface area contributed by atoms with E-state index < -0.39 is 5.97 Å². The van der Waals surface area contributed by atoms with Gasteiger partial charge in [-0.15, -0.1) is 18.3 Å². The molecule has 21 heavy (non-hydrogen) atoms. The quantitative estimate of drug-likeness (QED) is 0.421. The molecule has 0 fully saturated rings. The van der Waals surface area contributed by atoms with Gasteiger partial charge in [-0.2, -0.15) is 0 Å². The van der Waals surface area contributed by atoms with Gasteiger partial charge in [0.1, 0.15) is 6.54 Å². The first-order valence-electron chi connectivity index (χ1n) is 6.80. The molecular formula is C16H21NO3S. The molecule has 0 unspecified atom stereocenters. The molecule has 1 rings (SSSR count). The van der Waals surface area contributed by atoms with Gasteiger partial charge in [-0.25, -0.2) is 0 Å². The van der Waals surface area contributed by atoms with Crippen molar-refractivity contribution in [3.05, 3.63) is 42.5 Å². The third-order valence-corrected chi connectivity index (χ3v) is 3.71. The third kappa shape index (κ3) is 6.49. The molecule has 5 heteroatoms. The van der Waals surface area contributed by atoms with Crippen molar-refractivity contribution in [1.82, 2.24) is 4.90 Å². The monoisotopic (exact) mass is 307 g/mol. The van der Waals surface area contributed by atoms with E-state index >= 15 is 0 Å². The Bertz CT molecular complexity index is 485. The predicted molar refractivity (Wildman–Crippen MR) is 85.3 cm³/mol. The smallest absolute Gasteiger partial charge is 0.325 e. The van der Waals surface area contributed by atoms with Crippen molar-refractivity contribution < 1.29 is 14.3 Å². The molecule has 0 bridgehead atoms. The van der Waals surface area contributed by atoms with Gasteiger partial charge in [-0.05, 0) is 26.0 Å². The van der Waals surface area contributed by atoms with Crippen LogP contribution in [-0.2, 0) is 14.3 Å². The number of hydrogen-bond donors (Lipinski definition) is 0. The number of carbonyl (C=O) groups excluding carboxylic acids is 2. The van der Waals surface area contributed by atoms with E-state index in [2.05, 4.69) is 6.58 Å². The summed E-state index contributed by atoms with van der Waals surface area (Å²) >= 11 is 1.45. The van der Waals surface area contributed by atoms with Crippen molar-refractivity contribution in [3.63, 3.8) is 0 Å². The summed E-state index contributed by atoms with van der Waals surface area (Å²) in [5.41, 5.74) is 1.18. The Morgan fingerprint density at radius 1 is 1.33 bits per heavy atom. The largest absolute Gasteiger partial charge is 0.465 e. The first-order chi connectivity index (χ1) is 10.1. The van der Waals surface area contributed by atoms with E-state index in [0.29, 0.717) is 13.2 Å². The summed E-state index contributed by atoms with van der Waals surface area (Å²) in [6.45, 7) is 7.99. The average Bonchev–Trinajstić information content (AvgIpc) is 2.46. The molecule has 0 spiro atoms. The number of aryl methyl sites for hydroxylation is 1. The van der Waals surface area contributed by atoms with E-state index in [0.717, 1.165) is 4.90 Å². The zero-order valence-electron chi connectivity index (χ0n) is 12.5. The Morgan fingerprint density at radius 3 is 2.57 bits per heavy atom. The summed E-state index contributed by atoms with van der Waals surface area (Å²) in [5.74, 6) is -0.211. The molecule has 0 N–H and O–H groups in total. The molecular weight excluding hydrogens is 286 g/mol. The number of rotatable bonds is 8. The highest BCUT2D eigenvalue weighted by Crippen LogP contribution is 2.18. The lowest BCUT2D eigenvalue weighted by Crippen LogP contribution is -2.37. The molecule has 0 saturated carbocycles. The summed E-state index contributed by atoms with van der Waals surface area (Å²) in [7, 11) is 0. The average molecular weight is 307 g/mol. The molecule has 0 aliphatic rings. The molecule has 0 aliphatic heterocycles. The Morgan fingerprint density at radius 2 is 2.00 bits per heavy atom. The molecule has 0 aliphatic carbocycles. The van der Waals surface area contributed by atoms with Gasteiger partial charge in [0.05, 0.1) is 12.4 Å². The van der Waals surface area contributed by atoms with Crippen LogP contribution >= 0.6 is 11.8 Å². The lowest BCUT2D eigenvalue weighted by molar-refractivity contribution is -0.147. The van der Waals surface area contributed by atoms with Gasteiger partial charge in [-0.3, -0.25) is 9.59 Å². The summed E-state index contributed by atoms with van der Waals surface area (Å²) in [4.78, 5) is 26.1. The van der Waals surface area contributed by atoms with Crippen LogP contribution in [0.4, 0.5) is 0 Å². The van der Waals surface area contributed by atoms with Crippen LogP contribution in [0.25, 0.3) is 0 Å². The zero-order chi connectivity index (χ0) is 15.7. The van der Waals surface area contributed by atoms with Crippen molar-refractivity contribution >= 4 is 23.6 Å². The van der Waals surface area contributed by atoms with Crippen LogP contribution in [0, 0.1) is 6.92 Å². The Labute approximate surface area is 130 Å². The number of carbonyl (C=O) groups is 2. The molecule has 4 nitrogen and oxygen atoms in total. The molecule has 1 aromatic rings. The number of hydrogen-bond acceptors (Lipinski definition) is 4. The van der Waals surface area contributed by atoms with Crippen LogP contribution < -0.4 is 0 Å². The second kappa shape index (κ2) is 9.23. The standard InChI is InChI=1S/C16H21NO3S/c1-4-10-17(11-16(19)20-5-2)15(18)12-21-14-8-6-13(3)7-9-14/h4,6-9H,1,5,10-12H2,2-3H3. The number of esters is 1.